The molecule has 1 aliphatic rings. The summed E-state index contributed by atoms with van der Waals surface area (Å²) < 4.78 is 17.1. The second kappa shape index (κ2) is 7.90. The third-order valence-corrected chi connectivity index (χ3v) is 7.09. The Hall–Kier alpha value is -3.36. The number of ether oxygens (including phenoxy) is 2. The van der Waals surface area contributed by atoms with Crippen LogP contribution in [0.5, 0.6) is 11.5 Å². The van der Waals surface area contributed by atoms with Crippen LogP contribution in [-0.4, -0.2) is 25.1 Å². The molecule has 0 saturated heterocycles. The van der Waals surface area contributed by atoms with Gasteiger partial charge in [0.2, 0.25) is 5.76 Å². The molecule has 0 aliphatic carbocycles. The summed E-state index contributed by atoms with van der Waals surface area (Å²) in [6.45, 7) is 3.81. The van der Waals surface area contributed by atoms with Crippen molar-refractivity contribution in [1.82, 2.24) is 4.98 Å². The molecular formula is C24H19ClN2O5S. The average molecular weight is 483 g/mol. The minimum atomic E-state index is -0.817. The molecule has 1 amide bonds. The number of hydrogen-bond acceptors (Lipinski definition) is 7. The summed E-state index contributed by atoms with van der Waals surface area (Å²) in [7, 11) is 3.05. The van der Waals surface area contributed by atoms with Crippen molar-refractivity contribution in [2.75, 3.05) is 19.1 Å². The zero-order valence-corrected chi connectivity index (χ0v) is 19.8. The summed E-state index contributed by atoms with van der Waals surface area (Å²) >= 11 is 7.53. The number of rotatable bonds is 4. The van der Waals surface area contributed by atoms with E-state index >= 15 is 0 Å². The van der Waals surface area contributed by atoms with E-state index in [1.807, 2.05) is 13.8 Å². The number of halogens is 1. The van der Waals surface area contributed by atoms with Crippen molar-refractivity contribution in [2.45, 2.75) is 19.9 Å². The van der Waals surface area contributed by atoms with E-state index in [1.54, 1.807) is 36.4 Å². The topological polar surface area (TPSA) is 81.9 Å². The third kappa shape index (κ3) is 3.20. The fourth-order valence-electron chi connectivity index (χ4n) is 4.12. The molecule has 33 heavy (non-hydrogen) atoms. The quantitative estimate of drug-likeness (QED) is 0.393. The summed E-state index contributed by atoms with van der Waals surface area (Å²) in [6, 6.07) is 9.28. The molecule has 0 N–H and O–H groups in total. The third-order valence-electron chi connectivity index (χ3n) is 5.78. The molecule has 0 spiro atoms. The minimum absolute atomic E-state index is 0.0183. The average Bonchev–Trinajstić information content (AvgIpc) is 3.29. The summed E-state index contributed by atoms with van der Waals surface area (Å²) in [5, 5.41) is 1.17. The number of carbonyl (C=O) groups is 1. The first-order valence-electron chi connectivity index (χ1n) is 10.1. The van der Waals surface area contributed by atoms with Crippen molar-refractivity contribution in [1.29, 1.82) is 0 Å². The molecule has 2 aromatic heterocycles. The van der Waals surface area contributed by atoms with Gasteiger partial charge in [0.1, 0.15) is 11.6 Å². The number of anilines is 1. The van der Waals surface area contributed by atoms with Crippen LogP contribution >= 0.6 is 22.9 Å². The standard InChI is InChI=1S/C24H19ClN2O5S/c1-11-12(2)33-24(26-11)27-19(14-6-5-7-17(30-3)21(14)31-4)18-20(28)15-10-13(25)8-9-16(15)32-22(18)23(27)29/h5-10,19H,1-4H3/t19-/m1/s1. The molecular weight excluding hydrogens is 464 g/mol. The van der Waals surface area contributed by atoms with Crippen LogP contribution in [0.2, 0.25) is 5.02 Å². The largest absolute Gasteiger partial charge is 0.493 e. The van der Waals surface area contributed by atoms with Crippen LogP contribution in [0.4, 0.5) is 5.13 Å². The van der Waals surface area contributed by atoms with Gasteiger partial charge >= 0.3 is 0 Å². The monoisotopic (exact) mass is 482 g/mol. The Morgan fingerprint density at radius 3 is 2.58 bits per heavy atom. The van der Waals surface area contributed by atoms with Crippen molar-refractivity contribution >= 4 is 44.9 Å². The van der Waals surface area contributed by atoms with Crippen molar-refractivity contribution in [2.24, 2.45) is 0 Å². The van der Waals surface area contributed by atoms with Crippen molar-refractivity contribution in [3.05, 3.63) is 79.1 Å². The Morgan fingerprint density at radius 1 is 1.12 bits per heavy atom. The summed E-state index contributed by atoms with van der Waals surface area (Å²) in [4.78, 5) is 34.5. The highest BCUT2D eigenvalue weighted by Crippen LogP contribution is 2.47. The molecule has 3 heterocycles. The van der Waals surface area contributed by atoms with E-state index < -0.39 is 11.9 Å². The molecule has 168 valence electrons. The van der Waals surface area contributed by atoms with Crippen molar-refractivity contribution in [3.63, 3.8) is 0 Å². The van der Waals surface area contributed by atoms with Gasteiger partial charge in [0, 0.05) is 15.5 Å². The van der Waals surface area contributed by atoms with Gasteiger partial charge in [-0.3, -0.25) is 14.5 Å². The van der Waals surface area contributed by atoms with Gasteiger partial charge in [0.15, 0.2) is 22.1 Å². The fourth-order valence-corrected chi connectivity index (χ4v) is 5.23. The van der Waals surface area contributed by atoms with Gasteiger partial charge in [-0.1, -0.05) is 23.7 Å². The maximum atomic E-state index is 13.7. The Labute approximate surface area is 198 Å². The number of aryl methyl sites for hydroxylation is 2. The second-order valence-corrected chi connectivity index (χ2v) is 9.23. The predicted octanol–water partition coefficient (Wildman–Crippen LogP) is 5.29. The molecule has 0 unspecified atom stereocenters. The highest BCUT2D eigenvalue weighted by atomic mass is 35.5. The number of thiazole rings is 1. The van der Waals surface area contributed by atoms with E-state index in [0.29, 0.717) is 38.2 Å². The van der Waals surface area contributed by atoms with Crippen LogP contribution in [0.1, 0.15) is 38.3 Å². The van der Waals surface area contributed by atoms with Crippen LogP contribution in [0.3, 0.4) is 0 Å². The number of fused-ring (bicyclic) bond motifs is 2. The summed E-state index contributed by atoms with van der Waals surface area (Å²) in [6.07, 6.45) is 0. The van der Waals surface area contributed by atoms with E-state index in [4.69, 9.17) is 25.5 Å². The number of methoxy groups -OCH3 is 2. The molecule has 9 heteroatoms. The van der Waals surface area contributed by atoms with Crippen LogP contribution in [0.15, 0.2) is 45.6 Å². The Morgan fingerprint density at radius 2 is 1.91 bits per heavy atom. The molecule has 0 fully saturated rings. The second-order valence-electron chi connectivity index (χ2n) is 7.61. The molecule has 2 aromatic carbocycles. The summed E-state index contributed by atoms with van der Waals surface area (Å²) in [5.74, 6) is 0.444. The van der Waals surface area contributed by atoms with Gasteiger partial charge in [-0.2, -0.15) is 0 Å². The Balaban J connectivity index is 1.87. The Bertz CT molecular complexity index is 1470. The molecule has 4 aromatic rings. The lowest BCUT2D eigenvalue weighted by atomic mass is 9.97. The van der Waals surface area contributed by atoms with Crippen LogP contribution in [0.25, 0.3) is 11.0 Å². The highest BCUT2D eigenvalue weighted by molar-refractivity contribution is 7.15. The molecule has 5 rings (SSSR count). The number of hydrogen-bond donors (Lipinski definition) is 0. The predicted molar refractivity (Wildman–Crippen MR) is 127 cm³/mol. The maximum absolute atomic E-state index is 13.7. The zero-order chi connectivity index (χ0) is 23.4. The number of aromatic nitrogens is 1. The van der Waals surface area contributed by atoms with Crippen LogP contribution in [-0.2, 0) is 0 Å². The number of nitrogens with zero attached hydrogens (tertiary/aromatic N) is 2. The van der Waals surface area contributed by atoms with E-state index in [1.165, 1.54) is 30.5 Å². The van der Waals surface area contributed by atoms with E-state index in [-0.39, 0.29) is 16.8 Å². The first kappa shape index (κ1) is 21.5. The van der Waals surface area contributed by atoms with Gasteiger partial charge in [-0.05, 0) is 38.1 Å². The first-order valence-corrected chi connectivity index (χ1v) is 11.3. The molecule has 7 nitrogen and oxygen atoms in total. The van der Waals surface area contributed by atoms with Gasteiger partial charge < -0.3 is 13.9 Å². The molecule has 1 atom stereocenters. The number of para-hydroxylation sites is 1. The van der Waals surface area contributed by atoms with Gasteiger partial charge in [-0.15, -0.1) is 11.3 Å². The van der Waals surface area contributed by atoms with Crippen molar-refractivity contribution < 1.29 is 18.7 Å². The zero-order valence-electron chi connectivity index (χ0n) is 18.3. The lowest BCUT2D eigenvalue weighted by Crippen LogP contribution is -2.29. The van der Waals surface area contributed by atoms with Crippen LogP contribution in [0, 0.1) is 13.8 Å². The van der Waals surface area contributed by atoms with E-state index in [0.717, 1.165) is 10.6 Å². The summed E-state index contributed by atoms with van der Waals surface area (Å²) in [5.41, 5.74) is 1.58. The maximum Gasteiger partial charge on any atom is 0.297 e. The fraction of sp³-hybridized carbons (Fsp3) is 0.208. The van der Waals surface area contributed by atoms with Crippen molar-refractivity contribution in [3.8, 4) is 11.5 Å². The highest BCUT2D eigenvalue weighted by Gasteiger charge is 2.46. The lowest BCUT2D eigenvalue weighted by Gasteiger charge is -2.24. The number of amides is 1. The van der Waals surface area contributed by atoms with E-state index in [2.05, 4.69) is 4.98 Å². The number of carbonyl (C=O) groups excluding carboxylic acids is 1. The molecule has 0 radical (unpaired) electrons. The normalized spacial score (nSPS) is 15.2. The SMILES string of the molecule is COc1cccc([C@@H]2c3c(oc4ccc(Cl)cc4c3=O)C(=O)N2c2nc(C)c(C)s2)c1OC. The van der Waals surface area contributed by atoms with Crippen LogP contribution < -0.4 is 19.8 Å². The molecule has 1 aliphatic heterocycles. The minimum Gasteiger partial charge on any atom is -0.493 e. The van der Waals surface area contributed by atoms with Gasteiger partial charge in [0.25, 0.3) is 5.91 Å². The van der Waals surface area contributed by atoms with Gasteiger partial charge in [-0.25, -0.2) is 4.98 Å². The molecule has 0 saturated carbocycles. The van der Waals surface area contributed by atoms with E-state index in [9.17, 15) is 9.59 Å². The smallest absolute Gasteiger partial charge is 0.297 e. The first-order chi connectivity index (χ1) is 15.8. The lowest BCUT2D eigenvalue weighted by molar-refractivity contribution is 0.0970. The Kier molecular flexibility index (Phi) is 5.14. The molecule has 0 bridgehead atoms. The van der Waals surface area contributed by atoms with Gasteiger partial charge in [0.05, 0.1) is 30.9 Å². The number of benzene rings is 2.